The van der Waals surface area contributed by atoms with Crippen LogP contribution in [0.3, 0.4) is 0 Å². The maximum Gasteiger partial charge on any atom is 0.371 e. The molecular weight excluding hydrogens is 364 g/mol. The highest BCUT2D eigenvalue weighted by Crippen LogP contribution is 2.27. The largest absolute Gasteiger partial charge is 0.478 e. The van der Waals surface area contributed by atoms with Crippen LogP contribution in [0.2, 0.25) is 0 Å². The molecule has 3 rings (SSSR count). The molecule has 8 heteroatoms. The highest BCUT2D eigenvalue weighted by Gasteiger charge is 2.23. The number of piperidine rings is 1. The first-order valence-electron chi connectivity index (χ1n) is 9.06. The van der Waals surface area contributed by atoms with Gasteiger partial charge in [0.2, 0.25) is 11.7 Å². The summed E-state index contributed by atoms with van der Waals surface area (Å²) in [5.74, 6) is -1.86. The average molecular weight is 386 g/mol. The van der Waals surface area contributed by atoms with Crippen molar-refractivity contribution in [3.8, 4) is 0 Å². The fourth-order valence-corrected chi connectivity index (χ4v) is 3.43. The SMILES string of the molecule is O=C(CN1CCC[C@@H](c2cccc(C(=O)O)c2)C1)NCc1ccc(C(=O)O)o1. The standard InChI is InChI=1S/C20H22N2O6/c23-18(21-10-16-6-7-17(28-16)20(26)27)12-22-8-2-5-15(11-22)13-3-1-4-14(9-13)19(24)25/h1,3-4,6-7,9,15H,2,5,8,10-12H2,(H,21,23)(H,24,25)(H,26,27)/t15-/m1/s1. The topological polar surface area (TPSA) is 120 Å². The minimum Gasteiger partial charge on any atom is -0.478 e. The van der Waals surface area contributed by atoms with E-state index in [1.165, 1.54) is 12.1 Å². The van der Waals surface area contributed by atoms with Crippen LogP contribution in [0.5, 0.6) is 0 Å². The summed E-state index contributed by atoms with van der Waals surface area (Å²) in [6.45, 7) is 1.83. The van der Waals surface area contributed by atoms with Gasteiger partial charge in [-0.3, -0.25) is 9.69 Å². The van der Waals surface area contributed by atoms with E-state index >= 15 is 0 Å². The maximum absolute atomic E-state index is 12.2. The number of carboxylic acid groups (broad SMARTS) is 2. The molecule has 148 valence electrons. The number of nitrogens with one attached hydrogen (secondary N) is 1. The highest BCUT2D eigenvalue weighted by molar-refractivity contribution is 5.87. The van der Waals surface area contributed by atoms with E-state index in [9.17, 15) is 14.4 Å². The van der Waals surface area contributed by atoms with Crippen molar-refractivity contribution in [1.82, 2.24) is 10.2 Å². The zero-order valence-electron chi connectivity index (χ0n) is 15.3. The number of aromatic carboxylic acids is 2. The zero-order chi connectivity index (χ0) is 20.1. The van der Waals surface area contributed by atoms with Crippen LogP contribution < -0.4 is 5.32 Å². The summed E-state index contributed by atoms with van der Waals surface area (Å²) >= 11 is 0. The summed E-state index contributed by atoms with van der Waals surface area (Å²) < 4.78 is 5.12. The number of benzene rings is 1. The molecule has 28 heavy (non-hydrogen) atoms. The van der Waals surface area contributed by atoms with Crippen molar-refractivity contribution in [3.63, 3.8) is 0 Å². The first kappa shape index (κ1) is 19.6. The Morgan fingerprint density at radius 2 is 1.96 bits per heavy atom. The number of hydrogen-bond donors (Lipinski definition) is 3. The fraction of sp³-hybridized carbons (Fsp3) is 0.350. The number of nitrogens with zero attached hydrogens (tertiary/aromatic N) is 1. The molecule has 1 aromatic carbocycles. The Labute approximate surface area is 161 Å². The first-order chi connectivity index (χ1) is 13.4. The molecule has 0 aliphatic carbocycles. The van der Waals surface area contributed by atoms with E-state index in [2.05, 4.69) is 5.32 Å². The molecule has 3 N–H and O–H groups in total. The van der Waals surface area contributed by atoms with Crippen LogP contribution in [0.4, 0.5) is 0 Å². The lowest BCUT2D eigenvalue weighted by Gasteiger charge is -2.32. The number of carbonyl (C=O) groups excluding carboxylic acids is 1. The van der Waals surface area contributed by atoms with E-state index < -0.39 is 11.9 Å². The van der Waals surface area contributed by atoms with E-state index in [4.69, 9.17) is 14.6 Å². The molecule has 1 aromatic heterocycles. The lowest BCUT2D eigenvalue weighted by molar-refractivity contribution is -0.122. The molecule has 1 aliphatic heterocycles. The predicted octanol–water partition coefficient (Wildman–Crippen LogP) is 2.17. The van der Waals surface area contributed by atoms with E-state index in [0.717, 1.165) is 24.9 Å². The number of furan rings is 1. The van der Waals surface area contributed by atoms with Crippen molar-refractivity contribution in [1.29, 1.82) is 0 Å². The lowest BCUT2D eigenvalue weighted by atomic mass is 9.89. The Balaban J connectivity index is 1.52. The Hall–Kier alpha value is -3.13. The molecule has 1 atom stereocenters. The van der Waals surface area contributed by atoms with Gasteiger partial charge in [-0.1, -0.05) is 12.1 Å². The Bertz CT molecular complexity index is 875. The van der Waals surface area contributed by atoms with E-state index in [-0.39, 0.29) is 36.2 Å². The van der Waals surface area contributed by atoms with Gasteiger partial charge in [0.05, 0.1) is 18.7 Å². The molecule has 1 aliphatic rings. The molecule has 1 amide bonds. The minimum atomic E-state index is -1.15. The quantitative estimate of drug-likeness (QED) is 0.667. The third kappa shape index (κ3) is 4.98. The smallest absolute Gasteiger partial charge is 0.371 e. The second-order valence-electron chi connectivity index (χ2n) is 6.85. The van der Waals surface area contributed by atoms with Gasteiger partial charge in [0.1, 0.15) is 5.76 Å². The van der Waals surface area contributed by atoms with Crippen molar-refractivity contribution < 1.29 is 29.0 Å². The number of carbonyl (C=O) groups is 3. The molecular formula is C20H22N2O6. The van der Waals surface area contributed by atoms with Crippen molar-refractivity contribution >= 4 is 17.8 Å². The van der Waals surface area contributed by atoms with Crippen LogP contribution in [-0.4, -0.2) is 52.6 Å². The van der Waals surface area contributed by atoms with E-state index in [1.807, 2.05) is 11.0 Å². The first-order valence-corrected chi connectivity index (χ1v) is 9.06. The molecule has 0 bridgehead atoms. The lowest BCUT2D eigenvalue weighted by Crippen LogP contribution is -2.41. The molecule has 0 radical (unpaired) electrons. The van der Waals surface area contributed by atoms with Crippen LogP contribution in [0.1, 0.15) is 51.0 Å². The summed E-state index contributed by atoms with van der Waals surface area (Å²) in [4.78, 5) is 36.2. The van der Waals surface area contributed by atoms with Gasteiger partial charge in [-0.15, -0.1) is 0 Å². The fourth-order valence-electron chi connectivity index (χ4n) is 3.43. The molecule has 0 spiro atoms. The van der Waals surface area contributed by atoms with Crippen molar-refractivity contribution in [2.45, 2.75) is 25.3 Å². The molecule has 1 fully saturated rings. The summed E-state index contributed by atoms with van der Waals surface area (Å²) in [5, 5.41) is 20.7. The van der Waals surface area contributed by atoms with Gasteiger partial charge in [-0.25, -0.2) is 9.59 Å². The van der Waals surface area contributed by atoms with Gasteiger partial charge in [0.25, 0.3) is 0 Å². The van der Waals surface area contributed by atoms with Crippen LogP contribution in [0.25, 0.3) is 0 Å². The van der Waals surface area contributed by atoms with E-state index in [1.54, 1.807) is 18.2 Å². The normalized spacial score (nSPS) is 17.2. The van der Waals surface area contributed by atoms with Crippen LogP contribution >= 0.6 is 0 Å². The van der Waals surface area contributed by atoms with Crippen LogP contribution in [0.15, 0.2) is 40.8 Å². The Kier molecular flexibility index (Phi) is 6.10. The summed E-state index contributed by atoms with van der Waals surface area (Å²) in [6, 6.07) is 9.83. The summed E-state index contributed by atoms with van der Waals surface area (Å²) in [7, 11) is 0. The number of hydrogen-bond acceptors (Lipinski definition) is 5. The summed E-state index contributed by atoms with van der Waals surface area (Å²) in [6.07, 6.45) is 1.88. The number of rotatable bonds is 7. The Morgan fingerprint density at radius 1 is 1.14 bits per heavy atom. The van der Waals surface area contributed by atoms with Gasteiger partial charge in [-0.05, 0) is 55.1 Å². The van der Waals surface area contributed by atoms with Gasteiger partial charge < -0.3 is 19.9 Å². The van der Waals surface area contributed by atoms with Crippen molar-refractivity contribution in [2.75, 3.05) is 19.6 Å². The predicted molar refractivity (Wildman–Crippen MR) is 99.3 cm³/mol. The zero-order valence-corrected chi connectivity index (χ0v) is 15.3. The molecule has 0 saturated carbocycles. The number of carboxylic acids is 2. The van der Waals surface area contributed by atoms with Crippen LogP contribution in [0, 0.1) is 0 Å². The second kappa shape index (κ2) is 8.71. The molecule has 1 saturated heterocycles. The van der Waals surface area contributed by atoms with Gasteiger partial charge in [-0.2, -0.15) is 0 Å². The maximum atomic E-state index is 12.2. The van der Waals surface area contributed by atoms with E-state index in [0.29, 0.717) is 12.3 Å². The molecule has 2 heterocycles. The average Bonchev–Trinajstić information content (AvgIpc) is 3.16. The summed E-state index contributed by atoms with van der Waals surface area (Å²) in [5.41, 5.74) is 1.24. The van der Waals surface area contributed by atoms with Crippen LogP contribution in [-0.2, 0) is 11.3 Å². The minimum absolute atomic E-state index is 0.129. The molecule has 0 unspecified atom stereocenters. The van der Waals surface area contributed by atoms with Crippen molar-refractivity contribution in [2.24, 2.45) is 0 Å². The third-order valence-corrected chi connectivity index (χ3v) is 4.81. The second-order valence-corrected chi connectivity index (χ2v) is 6.85. The number of amides is 1. The highest BCUT2D eigenvalue weighted by atomic mass is 16.4. The van der Waals surface area contributed by atoms with Gasteiger partial charge >= 0.3 is 11.9 Å². The Morgan fingerprint density at radius 3 is 2.68 bits per heavy atom. The number of likely N-dealkylation sites (tertiary alicyclic amines) is 1. The van der Waals surface area contributed by atoms with Gasteiger partial charge in [0, 0.05) is 6.54 Å². The molecule has 2 aromatic rings. The monoisotopic (exact) mass is 386 g/mol. The third-order valence-electron chi connectivity index (χ3n) is 4.81. The van der Waals surface area contributed by atoms with Gasteiger partial charge in [0.15, 0.2) is 0 Å². The van der Waals surface area contributed by atoms with Crippen molar-refractivity contribution in [3.05, 3.63) is 59.0 Å². The molecule has 8 nitrogen and oxygen atoms in total.